The van der Waals surface area contributed by atoms with Gasteiger partial charge in [-0.3, -0.25) is 0 Å². The minimum atomic E-state index is -3.60. The molecule has 0 bridgehead atoms. The van der Waals surface area contributed by atoms with Crippen molar-refractivity contribution < 1.29 is 17.9 Å². The van der Waals surface area contributed by atoms with Crippen LogP contribution >= 0.6 is 0 Å². The average molecular weight is 385 g/mol. The lowest BCUT2D eigenvalue weighted by atomic mass is 10.1. The summed E-state index contributed by atoms with van der Waals surface area (Å²) in [4.78, 5) is 0.162. The molecule has 0 aliphatic rings. The first kappa shape index (κ1) is 18.8. The molecule has 7 nitrogen and oxygen atoms in total. The Hall–Kier alpha value is -2.97. The van der Waals surface area contributed by atoms with Crippen LogP contribution in [0.4, 0.5) is 0 Å². The van der Waals surface area contributed by atoms with Gasteiger partial charge in [-0.1, -0.05) is 30.3 Å². The lowest BCUT2D eigenvalue weighted by Gasteiger charge is -2.08. The molecule has 3 rings (SSSR count). The van der Waals surface area contributed by atoms with Crippen molar-refractivity contribution in [2.24, 2.45) is 0 Å². The van der Waals surface area contributed by atoms with Crippen molar-refractivity contribution >= 4 is 10.0 Å². The topological polar surface area (TPSA) is 90.4 Å². The summed E-state index contributed by atoms with van der Waals surface area (Å²) < 4.78 is 37.4. The number of methoxy groups -OCH3 is 1. The van der Waals surface area contributed by atoms with Gasteiger partial charge in [-0.2, -0.15) is 0 Å². The summed E-state index contributed by atoms with van der Waals surface area (Å²) in [5.74, 6) is 0.924. The number of nitrogens with zero attached hydrogens (tertiary/aromatic N) is 2. The first-order valence-electron chi connectivity index (χ1n) is 8.24. The van der Waals surface area contributed by atoms with Crippen LogP contribution in [0.5, 0.6) is 11.6 Å². The van der Waals surface area contributed by atoms with Crippen molar-refractivity contribution in [1.82, 2.24) is 14.9 Å². The maximum Gasteiger partial charge on any atom is 0.240 e. The third kappa shape index (κ3) is 5.02. The van der Waals surface area contributed by atoms with Gasteiger partial charge in [-0.25, -0.2) is 13.1 Å². The van der Waals surface area contributed by atoms with Crippen molar-refractivity contribution in [1.29, 1.82) is 0 Å². The smallest absolute Gasteiger partial charge is 0.240 e. The number of aromatic nitrogens is 2. The Bertz CT molecular complexity index is 960. The average Bonchev–Trinajstić information content (AvgIpc) is 2.72. The van der Waals surface area contributed by atoms with E-state index in [2.05, 4.69) is 14.9 Å². The van der Waals surface area contributed by atoms with Gasteiger partial charge in [0, 0.05) is 18.2 Å². The van der Waals surface area contributed by atoms with E-state index in [-0.39, 0.29) is 18.0 Å². The highest BCUT2D eigenvalue weighted by molar-refractivity contribution is 7.89. The number of benzene rings is 2. The summed E-state index contributed by atoms with van der Waals surface area (Å²) in [6.07, 6.45) is 0. The summed E-state index contributed by atoms with van der Waals surface area (Å²) in [7, 11) is -2.08. The minimum absolute atomic E-state index is 0.108. The molecule has 0 saturated heterocycles. The summed E-state index contributed by atoms with van der Waals surface area (Å²) in [5, 5.41) is 8.12. The predicted molar refractivity (Wildman–Crippen MR) is 101 cm³/mol. The SMILES string of the molecule is COc1ccc(S(=O)(=O)NCCOc2ccc(-c3ccccc3)nn2)cc1. The van der Waals surface area contributed by atoms with Gasteiger partial charge in [-0.05, 0) is 30.3 Å². The van der Waals surface area contributed by atoms with Gasteiger partial charge >= 0.3 is 0 Å². The second-order valence-corrected chi connectivity index (χ2v) is 7.31. The van der Waals surface area contributed by atoms with Crippen molar-refractivity contribution in [2.75, 3.05) is 20.3 Å². The molecule has 0 unspecified atom stereocenters. The molecule has 140 valence electrons. The standard InChI is InChI=1S/C19H19N3O4S/c1-25-16-7-9-17(10-8-16)27(23,24)20-13-14-26-19-12-11-18(21-22-19)15-5-3-2-4-6-15/h2-12,20H,13-14H2,1H3. The van der Waals surface area contributed by atoms with Gasteiger partial charge in [0.2, 0.25) is 15.9 Å². The van der Waals surface area contributed by atoms with Gasteiger partial charge in [0.15, 0.2) is 0 Å². The lowest BCUT2D eigenvalue weighted by Crippen LogP contribution is -2.28. The Balaban J connectivity index is 1.50. The molecule has 3 aromatic rings. The van der Waals surface area contributed by atoms with Gasteiger partial charge < -0.3 is 9.47 Å². The van der Waals surface area contributed by atoms with Gasteiger partial charge in [-0.15, -0.1) is 10.2 Å². The molecule has 1 N–H and O–H groups in total. The maximum absolute atomic E-state index is 12.2. The van der Waals surface area contributed by atoms with Gasteiger partial charge in [0.1, 0.15) is 12.4 Å². The van der Waals surface area contributed by atoms with Gasteiger partial charge in [0.25, 0.3) is 0 Å². The Morgan fingerprint density at radius 1 is 0.926 bits per heavy atom. The van der Waals surface area contributed by atoms with E-state index >= 15 is 0 Å². The third-order valence-electron chi connectivity index (χ3n) is 3.72. The van der Waals surface area contributed by atoms with Crippen LogP contribution in [0.2, 0.25) is 0 Å². The minimum Gasteiger partial charge on any atom is -0.497 e. The van der Waals surface area contributed by atoms with E-state index < -0.39 is 10.0 Å². The molecule has 0 atom stereocenters. The Morgan fingerprint density at radius 2 is 1.67 bits per heavy atom. The van der Waals surface area contributed by atoms with Crippen LogP contribution in [0, 0.1) is 0 Å². The van der Waals surface area contributed by atoms with E-state index in [0.29, 0.717) is 11.6 Å². The molecule has 8 heteroatoms. The normalized spacial score (nSPS) is 11.1. The monoisotopic (exact) mass is 385 g/mol. The van der Waals surface area contributed by atoms with E-state index in [9.17, 15) is 8.42 Å². The molecule has 1 heterocycles. The quantitative estimate of drug-likeness (QED) is 0.599. The zero-order valence-electron chi connectivity index (χ0n) is 14.7. The summed E-state index contributed by atoms with van der Waals surface area (Å²) >= 11 is 0. The fourth-order valence-electron chi connectivity index (χ4n) is 2.33. The molecule has 0 saturated carbocycles. The van der Waals surface area contributed by atoms with Crippen molar-refractivity contribution in [3.8, 4) is 22.9 Å². The van der Waals surface area contributed by atoms with E-state index in [1.165, 1.54) is 19.2 Å². The molecule has 0 radical (unpaired) electrons. The summed E-state index contributed by atoms with van der Waals surface area (Å²) in [6.45, 7) is 0.241. The fourth-order valence-corrected chi connectivity index (χ4v) is 3.34. The molecular weight excluding hydrogens is 366 g/mol. The molecule has 0 amide bonds. The zero-order chi connectivity index (χ0) is 19.1. The molecule has 0 fully saturated rings. The Morgan fingerprint density at radius 3 is 2.30 bits per heavy atom. The summed E-state index contributed by atoms with van der Waals surface area (Å²) in [6, 6.07) is 19.3. The molecule has 0 spiro atoms. The zero-order valence-corrected chi connectivity index (χ0v) is 15.5. The summed E-state index contributed by atoms with van der Waals surface area (Å²) in [5.41, 5.74) is 1.70. The maximum atomic E-state index is 12.2. The molecule has 0 aliphatic heterocycles. The Kier molecular flexibility index (Phi) is 6.00. The first-order chi connectivity index (χ1) is 13.1. The van der Waals surface area contributed by atoms with Crippen LogP contribution in [-0.2, 0) is 10.0 Å². The van der Waals surface area contributed by atoms with Crippen LogP contribution in [0.25, 0.3) is 11.3 Å². The van der Waals surface area contributed by atoms with Crippen LogP contribution in [0.15, 0.2) is 71.6 Å². The van der Waals surface area contributed by atoms with Crippen molar-refractivity contribution in [2.45, 2.75) is 4.90 Å². The number of hydrogen-bond donors (Lipinski definition) is 1. The number of hydrogen-bond acceptors (Lipinski definition) is 6. The fraction of sp³-hybridized carbons (Fsp3) is 0.158. The van der Waals surface area contributed by atoms with Crippen LogP contribution in [0.1, 0.15) is 0 Å². The van der Waals surface area contributed by atoms with Gasteiger partial charge in [0.05, 0.1) is 17.7 Å². The molecule has 2 aromatic carbocycles. The van der Waals surface area contributed by atoms with Crippen molar-refractivity contribution in [3.05, 3.63) is 66.7 Å². The van der Waals surface area contributed by atoms with E-state index in [0.717, 1.165) is 11.3 Å². The largest absolute Gasteiger partial charge is 0.497 e. The van der Waals surface area contributed by atoms with Crippen molar-refractivity contribution in [3.63, 3.8) is 0 Å². The predicted octanol–water partition coefficient (Wildman–Crippen LogP) is 2.51. The highest BCUT2D eigenvalue weighted by Crippen LogP contribution is 2.17. The second kappa shape index (κ2) is 8.61. The van der Waals surface area contributed by atoms with Crippen LogP contribution < -0.4 is 14.2 Å². The van der Waals surface area contributed by atoms with E-state index in [4.69, 9.17) is 9.47 Å². The molecule has 27 heavy (non-hydrogen) atoms. The molecule has 0 aliphatic carbocycles. The van der Waals surface area contributed by atoms with Crippen LogP contribution in [-0.4, -0.2) is 38.9 Å². The van der Waals surface area contributed by atoms with E-state index in [1.807, 2.05) is 30.3 Å². The number of nitrogens with one attached hydrogen (secondary N) is 1. The molecular formula is C19H19N3O4S. The second-order valence-electron chi connectivity index (χ2n) is 5.54. The van der Waals surface area contributed by atoms with E-state index in [1.54, 1.807) is 24.3 Å². The number of ether oxygens (including phenoxy) is 2. The molecule has 1 aromatic heterocycles. The van der Waals surface area contributed by atoms with Crippen LogP contribution in [0.3, 0.4) is 0 Å². The number of sulfonamides is 1. The lowest BCUT2D eigenvalue weighted by molar-refractivity contribution is 0.307. The number of rotatable bonds is 8. The Labute approximate surface area is 158 Å². The first-order valence-corrected chi connectivity index (χ1v) is 9.72. The highest BCUT2D eigenvalue weighted by Gasteiger charge is 2.13. The highest BCUT2D eigenvalue weighted by atomic mass is 32.2. The third-order valence-corrected chi connectivity index (χ3v) is 5.20.